The first-order valence-electron chi connectivity index (χ1n) is 7.54. The Bertz CT molecular complexity index is 383. The van der Waals surface area contributed by atoms with Crippen LogP contribution in [-0.2, 0) is 6.42 Å². The van der Waals surface area contributed by atoms with Gasteiger partial charge in [-0.25, -0.2) is 0 Å². The van der Waals surface area contributed by atoms with Crippen LogP contribution < -0.4 is 0 Å². The number of aryl methyl sites for hydroxylation is 1. The highest BCUT2D eigenvalue weighted by Crippen LogP contribution is 2.62. The Morgan fingerprint density at radius 3 is 2.28 bits per heavy atom. The van der Waals surface area contributed by atoms with Crippen molar-refractivity contribution >= 4 is 15.9 Å². The number of halogens is 1. The zero-order valence-corrected chi connectivity index (χ0v) is 12.8. The molecule has 2 fully saturated rings. The van der Waals surface area contributed by atoms with Gasteiger partial charge in [0.2, 0.25) is 0 Å². The van der Waals surface area contributed by atoms with E-state index in [1.54, 1.807) is 0 Å². The van der Waals surface area contributed by atoms with Gasteiger partial charge < -0.3 is 0 Å². The number of hydrogen-bond acceptors (Lipinski definition) is 0. The summed E-state index contributed by atoms with van der Waals surface area (Å²) in [6, 6.07) is 9.32. The lowest BCUT2D eigenvalue weighted by Crippen LogP contribution is -1.96. The van der Waals surface area contributed by atoms with Crippen molar-refractivity contribution in [1.82, 2.24) is 0 Å². The SMILES string of the molecule is CCCc1ccc(C(Br)C2C3CCCCC32)cc1. The highest BCUT2D eigenvalue weighted by atomic mass is 79.9. The van der Waals surface area contributed by atoms with Crippen molar-refractivity contribution in [2.24, 2.45) is 17.8 Å². The minimum Gasteiger partial charge on any atom is -0.0836 e. The fraction of sp³-hybridized carbons (Fsp3) is 0.647. The third kappa shape index (κ3) is 2.39. The Balaban J connectivity index is 1.67. The average Bonchev–Trinajstić information content (AvgIpc) is 3.13. The van der Waals surface area contributed by atoms with Crippen molar-refractivity contribution in [3.05, 3.63) is 35.4 Å². The number of rotatable bonds is 4. The van der Waals surface area contributed by atoms with E-state index in [0.29, 0.717) is 4.83 Å². The lowest BCUT2D eigenvalue weighted by molar-refractivity contribution is 0.480. The molecular formula is C17H23Br. The van der Waals surface area contributed by atoms with Gasteiger partial charge in [0, 0.05) is 4.83 Å². The van der Waals surface area contributed by atoms with E-state index in [4.69, 9.17) is 0 Å². The minimum absolute atomic E-state index is 0.598. The predicted molar refractivity (Wildman–Crippen MR) is 81.0 cm³/mol. The molecule has 0 spiro atoms. The van der Waals surface area contributed by atoms with E-state index in [0.717, 1.165) is 17.8 Å². The van der Waals surface area contributed by atoms with Crippen LogP contribution >= 0.6 is 15.9 Å². The van der Waals surface area contributed by atoms with Crippen molar-refractivity contribution in [2.75, 3.05) is 0 Å². The van der Waals surface area contributed by atoms with Crippen molar-refractivity contribution in [3.63, 3.8) is 0 Å². The molecule has 0 radical (unpaired) electrons. The van der Waals surface area contributed by atoms with Crippen LogP contribution in [0.2, 0.25) is 0 Å². The summed E-state index contributed by atoms with van der Waals surface area (Å²) in [5.41, 5.74) is 2.98. The van der Waals surface area contributed by atoms with Gasteiger partial charge in [0.15, 0.2) is 0 Å². The van der Waals surface area contributed by atoms with Crippen LogP contribution in [0.3, 0.4) is 0 Å². The summed E-state index contributed by atoms with van der Waals surface area (Å²) in [4.78, 5) is 0.598. The number of hydrogen-bond donors (Lipinski definition) is 0. The molecule has 0 heterocycles. The van der Waals surface area contributed by atoms with Crippen LogP contribution in [0.1, 0.15) is 55.0 Å². The Labute approximate surface area is 119 Å². The van der Waals surface area contributed by atoms with Crippen molar-refractivity contribution in [3.8, 4) is 0 Å². The van der Waals surface area contributed by atoms with Crippen LogP contribution in [-0.4, -0.2) is 0 Å². The van der Waals surface area contributed by atoms with E-state index in [2.05, 4.69) is 47.1 Å². The first-order chi connectivity index (χ1) is 8.81. The largest absolute Gasteiger partial charge is 0.0836 e. The van der Waals surface area contributed by atoms with E-state index in [1.165, 1.54) is 49.7 Å². The molecule has 3 unspecified atom stereocenters. The Hall–Kier alpha value is -0.300. The number of benzene rings is 1. The Morgan fingerprint density at radius 2 is 1.72 bits per heavy atom. The maximum absolute atomic E-state index is 3.97. The van der Waals surface area contributed by atoms with Gasteiger partial charge in [-0.3, -0.25) is 0 Å². The molecule has 3 rings (SSSR count). The summed E-state index contributed by atoms with van der Waals surface area (Å²) in [6.45, 7) is 2.25. The molecule has 1 aromatic carbocycles. The highest BCUT2D eigenvalue weighted by molar-refractivity contribution is 9.09. The number of fused-ring (bicyclic) bond motifs is 1. The lowest BCUT2D eigenvalue weighted by Gasteiger charge is -2.11. The molecule has 0 aliphatic heterocycles. The third-order valence-electron chi connectivity index (χ3n) is 4.90. The minimum atomic E-state index is 0.598. The first-order valence-corrected chi connectivity index (χ1v) is 8.45. The van der Waals surface area contributed by atoms with E-state index in [-0.39, 0.29) is 0 Å². The molecule has 1 heteroatoms. The van der Waals surface area contributed by atoms with Gasteiger partial charge in [0.25, 0.3) is 0 Å². The summed E-state index contributed by atoms with van der Waals surface area (Å²) in [7, 11) is 0. The van der Waals surface area contributed by atoms with Crippen LogP contribution in [0.15, 0.2) is 24.3 Å². The molecule has 0 aromatic heterocycles. The van der Waals surface area contributed by atoms with Crippen LogP contribution in [0.4, 0.5) is 0 Å². The molecule has 0 N–H and O–H groups in total. The van der Waals surface area contributed by atoms with Crippen LogP contribution in [0, 0.1) is 17.8 Å². The smallest absolute Gasteiger partial charge is 0.0429 e. The predicted octanol–water partition coefficient (Wildman–Crippen LogP) is 5.51. The van der Waals surface area contributed by atoms with Crippen LogP contribution in [0.5, 0.6) is 0 Å². The molecule has 0 saturated heterocycles. The quantitative estimate of drug-likeness (QED) is 0.643. The third-order valence-corrected chi connectivity index (χ3v) is 6.04. The van der Waals surface area contributed by atoms with Gasteiger partial charge in [-0.15, -0.1) is 0 Å². The van der Waals surface area contributed by atoms with Gasteiger partial charge in [-0.05, 0) is 48.1 Å². The zero-order valence-electron chi connectivity index (χ0n) is 11.2. The van der Waals surface area contributed by atoms with E-state index >= 15 is 0 Å². The van der Waals surface area contributed by atoms with E-state index in [9.17, 15) is 0 Å². The van der Waals surface area contributed by atoms with Crippen molar-refractivity contribution < 1.29 is 0 Å². The summed E-state index contributed by atoms with van der Waals surface area (Å²) >= 11 is 3.97. The fourth-order valence-corrected chi connectivity index (χ4v) is 4.95. The molecule has 1 aromatic rings. The zero-order chi connectivity index (χ0) is 12.5. The highest BCUT2D eigenvalue weighted by Gasteiger charge is 2.53. The molecule has 18 heavy (non-hydrogen) atoms. The van der Waals surface area contributed by atoms with Gasteiger partial charge in [0.05, 0.1) is 0 Å². The second-order valence-electron chi connectivity index (χ2n) is 6.08. The topological polar surface area (TPSA) is 0 Å². The lowest BCUT2D eigenvalue weighted by atomic mass is 10.0. The first kappa shape index (κ1) is 12.7. The Morgan fingerprint density at radius 1 is 1.11 bits per heavy atom. The molecule has 2 saturated carbocycles. The second-order valence-corrected chi connectivity index (χ2v) is 7.07. The van der Waals surface area contributed by atoms with E-state index in [1.807, 2.05) is 0 Å². The monoisotopic (exact) mass is 306 g/mol. The fourth-order valence-electron chi connectivity index (χ4n) is 3.86. The Kier molecular flexibility index (Phi) is 3.79. The molecule has 2 aliphatic rings. The van der Waals surface area contributed by atoms with E-state index < -0.39 is 0 Å². The molecule has 0 bridgehead atoms. The summed E-state index contributed by atoms with van der Waals surface area (Å²) in [5.74, 6) is 2.97. The van der Waals surface area contributed by atoms with Gasteiger partial charge >= 0.3 is 0 Å². The maximum Gasteiger partial charge on any atom is 0.0429 e. The van der Waals surface area contributed by atoms with Crippen molar-refractivity contribution in [2.45, 2.75) is 50.3 Å². The van der Waals surface area contributed by atoms with Gasteiger partial charge in [0.1, 0.15) is 0 Å². The van der Waals surface area contributed by atoms with Gasteiger partial charge in [-0.1, -0.05) is 66.4 Å². The second kappa shape index (κ2) is 5.36. The summed E-state index contributed by atoms with van der Waals surface area (Å²) < 4.78 is 0. The molecular weight excluding hydrogens is 284 g/mol. The molecule has 0 amide bonds. The van der Waals surface area contributed by atoms with Crippen molar-refractivity contribution in [1.29, 1.82) is 0 Å². The average molecular weight is 307 g/mol. The normalized spacial score (nSPS) is 31.8. The molecule has 0 nitrogen and oxygen atoms in total. The maximum atomic E-state index is 3.97. The van der Waals surface area contributed by atoms with Crippen LogP contribution in [0.25, 0.3) is 0 Å². The standard InChI is InChI=1S/C17H23Br/c1-2-5-12-8-10-13(11-9-12)17(18)16-14-6-3-4-7-15(14)16/h8-11,14-17H,2-7H2,1H3. The molecule has 2 aliphatic carbocycles. The molecule has 98 valence electrons. The summed E-state index contributed by atoms with van der Waals surface area (Å²) in [6.07, 6.45) is 8.34. The summed E-state index contributed by atoms with van der Waals surface area (Å²) in [5, 5.41) is 0. The van der Waals surface area contributed by atoms with Gasteiger partial charge in [-0.2, -0.15) is 0 Å². The molecule has 3 atom stereocenters. The number of alkyl halides is 1.